The number of aliphatic hydroxyl groups excluding tert-OH is 1. The van der Waals surface area contributed by atoms with Crippen molar-refractivity contribution in [3.8, 4) is 0 Å². The second-order valence-electron chi connectivity index (χ2n) is 6.44. The van der Waals surface area contributed by atoms with Crippen molar-refractivity contribution in [3.63, 3.8) is 0 Å². The largest absolute Gasteiger partial charge is 0.370 e. The normalized spacial score (nSPS) is 19.0. The molecule has 2 atom stereocenters. The van der Waals surface area contributed by atoms with E-state index in [0.29, 0.717) is 10.1 Å². The molecule has 1 aliphatic rings. The summed E-state index contributed by atoms with van der Waals surface area (Å²) in [5, 5.41) is 15.3. The number of nitrogens with zero attached hydrogens (tertiary/aromatic N) is 3. The van der Waals surface area contributed by atoms with Crippen LogP contribution < -0.4 is 10.2 Å². The number of benzodiazepines with no additional fused rings is 1. The summed E-state index contributed by atoms with van der Waals surface area (Å²) in [5.41, 5.74) is 3.43. The topological polar surface area (TPSA) is 51.1 Å². The van der Waals surface area contributed by atoms with Gasteiger partial charge in [0.1, 0.15) is 0 Å². The maximum absolute atomic E-state index is 10.9. The van der Waals surface area contributed by atoms with Gasteiger partial charge in [-0.05, 0) is 37.3 Å². The molecule has 2 aromatic carbocycles. The number of hydrogen-bond acceptors (Lipinski definition) is 4. The highest BCUT2D eigenvalue weighted by atomic mass is 35.5. The number of thiocarbonyl (C=S) groups is 1. The number of fused-ring (bicyclic) bond motifs is 1. The first kappa shape index (κ1) is 19.6. The van der Waals surface area contributed by atoms with Crippen molar-refractivity contribution in [3.05, 3.63) is 64.7 Å². The van der Waals surface area contributed by atoms with E-state index in [-0.39, 0.29) is 0 Å². The van der Waals surface area contributed by atoms with Crippen molar-refractivity contribution >= 4 is 40.3 Å². The molecule has 0 aliphatic carbocycles. The lowest BCUT2D eigenvalue weighted by atomic mass is 10.0. The monoisotopic (exact) mass is 402 g/mol. The minimum atomic E-state index is -0.894. The van der Waals surface area contributed by atoms with Gasteiger partial charge < -0.3 is 20.2 Å². The van der Waals surface area contributed by atoms with Crippen LogP contribution in [0.4, 0.5) is 5.69 Å². The van der Waals surface area contributed by atoms with Gasteiger partial charge in [-0.1, -0.05) is 41.9 Å². The molecule has 2 N–H and O–H groups in total. The SMILES string of the molecule is CCN(C)C(=S)NC1N=C(c2ccccc2)c2cc(Cl)ccc2N(C)C1O. The van der Waals surface area contributed by atoms with Crippen LogP contribution in [0.15, 0.2) is 53.5 Å². The first-order valence-electron chi connectivity index (χ1n) is 8.78. The number of benzene rings is 2. The molecule has 142 valence electrons. The first-order chi connectivity index (χ1) is 12.9. The zero-order valence-corrected chi connectivity index (χ0v) is 17.1. The van der Waals surface area contributed by atoms with Crippen molar-refractivity contribution in [2.24, 2.45) is 4.99 Å². The van der Waals surface area contributed by atoms with Crippen LogP contribution in [0.1, 0.15) is 18.1 Å². The van der Waals surface area contributed by atoms with Crippen LogP contribution in [-0.4, -0.2) is 53.9 Å². The fourth-order valence-electron chi connectivity index (χ4n) is 2.95. The molecule has 2 aromatic rings. The Morgan fingerprint density at radius 1 is 1.30 bits per heavy atom. The van der Waals surface area contributed by atoms with Crippen molar-refractivity contribution in [2.45, 2.75) is 19.3 Å². The van der Waals surface area contributed by atoms with E-state index in [1.807, 2.05) is 74.4 Å². The van der Waals surface area contributed by atoms with E-state index in [1.54, 1.807) is 4.90 Å². The van der Waals surface area contributed by atoms with Gasteiger partial charge in [-0.2, -0.15) is 0 Å². The van der Waals surface area contributed by atoms with Gasteiger partial charge in [-0.25, -0.2) is 0 Å². The molecule has 0 aromatic heterocycles. The lowest BCUT2D eigenvalue weighted by molar-refractivity contribution is 0.139. The summed E-state index contributed by atoms with van der Waals surface area (Å²) in [6.45, 7) is 2.77. The minimum Gasteiger partial charge on any atom is -0.370 e. The average molecular weight is 403 g/mol. The maximum Gasteiger partial charge on any atom is 0.170 e. The molecule has 0 saturated carbocycles. The molecule has 0 spiro atoms. The average Bonchev–Trinajstić information content (AvgIpc) is 2.78. The number of aliphatic imine (C=N–C) groups is 1. The Morgan fingerprint density at radius 2 is 2.00 bits per heavy atom. The minimum absolute atomic E-state index is 0.537. The van der Waals surface area contributed by atoms with Crippen LogP contribution in [0.2, 0.25) is 5.02 Å². The van der Waals surface area contributed by atoms with E-state index in [9.17, 15) is 5.11 Å². The van der Waals surface area contributed by atoms with Crippen molar-refractivity contribution in [2.75, 3.05) is 25.5 Å². The number of likely N-dealkylation sites (N-methyl/N-ethyl adjacent to an activating group) is 1. The van der Waals surface area contributed by atoms with Gasteiger partial charge in [-0.3, -0.25) is 4.99 Å². The number of rotatable bonds is 3. The molecule has 7 heteroatoms. The van der Waals surface area contributed by atoms with E-state index >= 15 is 0 Å². The van der Waals surface area contributed by atoms with Crippen LogP contribution in [0.5, 0.6) is 0 Å². The van der Waals surface area contributed by atoms with Crippen LogP contribution in [0.25, 0.3) is 0 Å². The standard InChI is InChI=1S/C20H23ClN4OS/c1-4-24(2)20(27)23-18-19(26)25(3)16-11-10-14(21)12-15(16)17(22-18)13-8-6-5-7-9-13/h5-12,18-19,26H,4H2,1-3H3,(H,23,27). The summed E-state index contributed by atoms with van der Waals surface area (Å²) >= 11 is 11.7. The Bertz CT molecular complexity index is 858. The summed E-state index contributed by atoms with van der Waals surface area (Å²) in [6, 6.07) is 15.5. The van der Waals surface area contributed by atoms with Gasteiger partial charge in [0.05, 0.1) is 5.71 Å². The fourth-order valence-corrected chi connectivity index (χ4v) is 3.37. The lowest BCUT2D eigenvalue weighted by Crippen LogP contribution is -2.52. The van der Waals surface area contributed by atoms with Crippen LogP contribution in [-0.2, 0) is 0 Å². The van der Waals surface area contributed by atoms with E-state index in [4.69, 9.17) is 28.8 Å². The van der Waals surface area contributed by atoms with Crippen molar-refractivity contribution in [1.82, 2.24) is 10.2 Å². The second-order valence-corrected chi connectivity index (χ2v) is 7.26. The molecule has 0 bridgehead atoms. The summed E-state index contributed by atoms with van der Waals surface area (Å²) in [7, 11) is 3.74. The quantitative estimate of drug-likeness (QED) is 0.772. The molecule has 1 aliphatic heterocycles. The third-order valence-corrected chi connectivity index (χ3v) is 5.35. The van der Waals surface area contributed by atoms with Gasteiger partial charge in [0.25, 0.3) is 0 Å². The Hall–Kier alpha value is -2.15. The molecule has 1 heterocycles. The highest BCUT2D eigenvalue weighted by molar-refractivity contribution is 7.80. The molecule has 27 heavy (non-hydrogen) atoms. The second kappa shape index (κ2) is 8.25. The van der Waals surface area contributed by atoms with Crippen molar-refractivity contribution in [1.29, 1.82) is 0 Å². The molecule has 0 radical (unpaired) electrons. The number of aliphatic hydroxyl groups is 1. The molecular formula is C20H23ClN4OS. The Kier molecular flexibility index (Phi) is 5.99. The van der Waals surface area contributed by atoms with Crippen LogP contribution >= 0.6 is 23.8 Å². The fraction of sp³-hybridized carbons (Fsp3) is 0.300. The number of anilines is 1. The van der Waals surface area contributed by atoms with Gasteiger partial charge in [0.2, 0.25) is 0 Å². The van der Waals surface area contributed by atoms with E-state index in [0.717, 1.165) is 29.1 Å². The van der Waals surface area contributed by atoms with E-state index < -0.39 is 12.4 Å². The van der Waals surface area contributed by atoms with Gasteiger partial charge in [-0.15, -0.1) is 0 Å². The molecule has 3 rings (SSSR count). The van der Waals surface area contributed by atoms with Gasteiger partial charge in [0, 0.05) is 42.5 Å². The third-order valence-electron chi connectivity index (χ3n) is 4.68. The van der Waals surface area contributed by atoms with Crippen molar-refractivity contribution < 1.29 is 5.11 Å². The van der Waals surface area contributed by atoms with E-state index in [2.05, 4.69) is 5.32 Å². The zero-order valence-electron chi connectivity index (χ0n) is 15.6. The van der Waals surface area contributed by atoms with Crippen LogP contribution in [0.3, 0.4) is 0 Å². The number of halogens is 1. The van der Waals surface area contributed by atoms with Crippen LogP contribution in [0, 0.1) is 0 Å². The number of nitrogens with one attached hydrogen (secondary N) is 1. The Balaban J connectivity index is 2.12. The third kappa shape index (κ3) is 4.08. The lowest BCUT2D eigenvalue weighted by Gasteiger charge is -2.31. The molecular weight excluding hydrogens is 380 g/mol. The first-order valence-corrected chi connectivity index (χ1v) is 9.56. The molecule has 0 fully saturated rings. The predicted molar refractivity (Wildman–Crippen MR) is 116 cm³/mol. The van der Waals surface area contributed by atoms with Gasteiger partial charge in [0.15, 0.2) is 17.5 Å². The number of hydrogen-bond donors (Lipinski definition) is 2. The Morgan fingerprint density at radius 3 is 2.67 bits per heavy atom. The summed E-state index contributed by atoms with van der Waals surface area (Å²) in [5.74, 6) is 0. The molecule has 0 amide bonds. The molecule has 0 saturated heterocycles. The smallest absolute Gasteiger partial charge is 0.170 e. The maximum atomic E-state index is 10.9. The summed E-state index contributed by atoms with van der Waals surface area (Å²) in [6.07, 6.45) is -1.52. The highest BCUT2D eigenvalue weighted by Gasteiger charge is 2.31. The van der Waals surface area contributed by atoms with Gasteiger partial charge >= 0.3 is 0 Å². The summed E-state index contributed by atoms with van der Waals surface area (Å²) < 4.78 is 0. The molecule has 2 unspecified atom stereocenters. The zero-order chi connectivity index (χ0) is 19.6. The predicted octanol–water partition coefficient (Wildman–Crippen LogP) is 3.10. The summed E-state index contributed by atoms with van der Waals surface area (Å²) in [4.78, 5) is 8.54. The van der Waals surface area contributed by atoms with E-state index in [1.165, 1.54) is 0 Å². The molecule has 5 nitrogen and oxygen atoms in total. The Labute approximate surface area is 170 Å². The highest BCUT2D eigenvalue weighted by Crippen LogP contribution is 2.31.